The third kappa shape index (κ3) is 2.37. The summed E-state index contributed by atoms with van der Waals surface area (Å²) in [6.45, 7) is 2.23. The van der Waals surface area contributed by atoms with E-state index >= 15 is 0 Å². The molecule has 1 heterocycles. The first-order valence-electron chi connectivity index (χ1n) is 2.36. The predicted octanol–water partition coefficient (Wildman–Crippen LogP) is -0.289. The second kappa shape index (κ2) is 3.84. The van der Waals surface area contributed by atoms with Gasteiger partial charge in [0.1, 0.15) is 0 Å². The highest BCUT2D eigenvalue weighted by Gasteiger charge is 1.84. The smallest absolute Gasteiger partial charge is 0.0135 e. The van der Waals surface area contributed by atoms with E-state index in [0.717, 1.165) is 13.1 Å². The first-order valence-corrected chi connectivity index (χ1v) is 2.36. The van der Waals surface area contributed by atoms with E-state index in [1.807, 2.05) is 0 Å². The van der Waals surface area contributed by atoms with Gasteiger partial charge >= 0.3 is 0 Å². The molecule has 0 aliphatic carbocycles. The van der Waals surface area contributed by atoms with Gasteiger partial charge in [-0.3, -0.25) is 0 Å². The van der Waals surface area contributed by atoms with Crippen molar-refractivity contribution in [1.82, 2.24) is 5.32 Å². The van der Waals surface area contributed by atoms with E-state index in [-0.39, 0.29) is 5.48 Å². The molecule has 1 aliphatic heterocycles. The zero-order chi connectivity index (χ0) is 4.24. The molecule has 0 saturated heterocycles. The molecule has 0 atom stereocenters. The number of nitrogens with one attached hydrogen (secondary N) is 1. The van der Waals surface area contributed by atoms with Crippen molar-refractivity contribution >= 4 is 0 Å². The molecule has 0 aromatic carbocycles. The van der Waals surface area contributed by atoms with E-state index in [0.29, 0.717) is 0 Å². The molecule has 0 unspecified atom stereocenters. The molecule has 2 nitrogen and oxygen atoms in total. The van der Waals surface area contributed by atoms with E-state index in [1.54, 1.807) is 0 Å². The average Bonchev–Trinajstić information content (AvgIpc) is 1.72. The summed E-state index contributed by atoms with van der Waals surface area (Å²) in [5.41, 5.74) is 0. The van der Waals surface area contributed by atoms with Crippen molar-refractivity contribution in [1.29, 1.82) is 0 Å². The molecule has 1 rings (SSSR count). The van der Waals surface area contributed by atoms with Crippen LogP contribution in [0.1, 0.15) is 6.42 Å². The van der Waals surface area contributed by atoms with Gasteiger partial charge in [-0.1, -0.05) is 12.2 Å². The van der Waals surface area contributed by atoms with Crippen LogP contribution < -0.4 is 5.32 Å². The van der Waals surface area contributed by atoms with E-state index in [2.05, 4.69) is 17.5 Å². The highest BCUT2D eigenvalue weighted by molar-refractivity contribution is 4.88. The third-order valence-corrected chi connectivity index (χ3v) is 0.917. The van der Waals surface area contributed by atoms with Crippen LogP contribution in [0, 0.1) is 0 Å². The summed E-state index contributed by atoms with van der Waals surface area (Å²) in [5.74, 6) is 0. The maximum atomic E-state index is 3.20. The van der Waals surface area contributed by atoms with Gasteiger partial charge in [0, 0.05) is 6.54 Å². The van der Waals surface area contributed by atoms with Crippen LogP contribution in [0.4, 0.5) is 0 Å². The molecule has 0 fully saturated rings. The lowest BCUT2D eigenvalue weighted by Gasteiger charge is -2.01. The molecule has 0 aromatic heterocycles. The van der Waals surface area contributed by atoms with Gasteiger partial charge in [-0.2, -0.15) is 0 Å². The van der Waals surface area contributed by atoms with Crippen LogP contribution in [-0.2, 0) is 0 Å². The topological polar surface area (TPSA) is 43.5 Å². The lowest BCUT2D eigenvalue weighted by molar-refractivity contribution is 0.728. The van der Waals surface area contributed by atoms with Crippen LogP contribution in [0.15, 0.2) is 12.2 Å². The lowest BCUT2D eigenvalue weighted by Crippen LogP contribution is -2.17. The van der Waals surface area contributed by atoms with E-state index in [4.69, 9.17) is 0 Å². The Labute approximate surface area is 43.5 Å². The fourth-order valence-electron chi connectivity index (χ4n) is 0.572. The van der Waals surface area contributed by atoms with Crippen molar-refractivity contribution in [3.63, 3.8) is 0 Å². The largest absolute Gasteiger partial charge is 0.412 e. The molecular formula is C5H11NO. The van der Waals surface area contributed by atoms with Crippen molar-refractivity contribution in [2.75, 3.05) is 13.1 Å². The van der Waals surface area contributed by atoms with E-state index in [9.17, 15) is 0 Å². The summed E-state index contributed by atoms with van der Waals surface area (Å²) >= 11 is 0. The molecule has 0 radical (unpaired) electrons. The Bertz CT molecular complexity index is 53.1. The minimum Gasteiger partial charge on any atom is -0.412 e. The maximum absolute atomic E-state index is 3.20. The highest BCUT2D eigenvalue weighted by atomic mass is 16.0. The van der Waals surface area contributed by atoms with Gasteiger partial charge in [-0.05, 0) is 13.0 Å². The molecule has 1 aliphatic rings. The van der Waals surface area contributed by atoms with E-state index < -0.39 is 0 Å². The summed E-state index contributed by atoms with van der Waals surface area (Å²) in [5, 5.41) is 3.20. The fraction of sp³-hybridized carbons (Fsp3) is 0.600. The summed E-state index contributed by atoms with van der Waals surface area (Å²) in [6, 6.07) is 0. The molecular weight excluding hydrogens is 90.1 g/mol. The second-order valence-corrected chi connectivity index (χ2v) is 1.46. The SMILES string of the molecule is C1=CCNCC1.O. The summed E-state index contributed by atoms with van der Waals surface area (Å²) in [4.78, 5) is 0. The molecule has 7 heavy (non-hydrogen) atoms. The molecule has 42 valence electrons. The monoisotopic (exact) mass is 101 g/mol. The van der Waals surface area contributed by atoms with Crippen LogP contribution in [0.2, 0.25) is 0 Å². The van der Waals surface area contributed by atoms with Gasteiger partial charge in [-0.15, -0.1) is 0 Å². The Balaban J connectivity index is 0.000000360. The standard InChI is InChI=1S/C5H9N.H2O/c1-2-4-6-5-3-1;/h1-2,6H,3-5H2;1H2. The molecule has 0 bridgehead atoms. The van der Waals surface area contributed by atoms with Gasteiger partial charge < -0.3 is 10.8 Å². The van der Waals surface area contributed by atoms with Gasteiger partial charge in [-0.25, -0.2) is 0 Å². The van der Waals surface area contributed by atoms with Crippen molar-refractivity contribution in [2.45, 2.75) is 6.42 Å². The lowest BCUT2D eigenvalue weighted by atomic mass is 10.3. The predicted molar refractivity (Wildman–Crippen MR) is 30.2 cm³/mol. The Hall–Kier alpha value is -0.340. The van der Waals surface area contributed by atoms with Gasteiger partial charge in [0.05, 0.1) is 0 Å². The first-order chi connectivity index (χ1) is 3.00. The quantitative estimate of drug-likeness (QED) is 0.419. The van der Waals surface area contributed by atoms with Crippen LogP contribution in [0.25, 0.3) is 0 Å². The van der Waals surface area contributed by atoms with Gasteiger partial charge in [0.2, 0.25) is 0 Å². The van der Waals surface area contributed by atoms with Gasteiger partial charge in [0.25, 0.3) is 0 Å². The second-order valence-electron chi connectivity index (χ2n) is 1.46. The van der Waals surface area contributed by atoms with Crippen LogP contribution in [-0.4, -0.2) is 18.6 Å². The van der Waals surface area contributed by atoms with Crippen molar-refractivity contribution in [3.8, 4) is 0 Å². The zero-order valence-electron chi connectivity index (χ0n) is 4.28. The fourth-order valence-corrected chi connectivity index (χ4v) is 0.572. The average molecular weight is 101 g/mol. The van der Waals surface area contributed by atoms with Crippen molar-refractivity contribution < 1.29 is 5.48 Å². The molecule has 0 spiro atoms. The Morgan fingerprint density at radius 2 is 2.14 bits per heavy atom. The summed E-state index contributed by atoms with van der Waals surface area (Å²) < 4.78 is 0. The van der Waals surface area contributed by atoms with Crippen LogP contribution in [0.5, 0.6) is 0 Å². The summed E-state index contributed by atoms with van der Waals surface area (Å²) in [7, 11) is 0. The molecule has 0 saturated carbocycles. The minimum atomic E-state index is 0. The third-order valence-electron chi connectivity index (χ3n) is 0.917. The van der Waals surface area contributed by atoms with Gasteiger partial charge in [0.15, 0.2) is 0 Å². The van der Waals surface area contributed by atoms with Crippen LogP contribution in [0.3, 0.4) is 0 Å². The Morgan fingerprint density at radius 1 is 1.29 bits per heavy atom. The number of hydrogen-bond acceptors (Lipinski definition) is 1. The van der Waals surface area contributed by atoms with Crippen molar-refractivity contribution in [2.24, 2.45) is 0 Å². The Morgan fingerprint density at radius 3 is 2.29 bits per heavy atom. The van der Waals surface area contributed by atoms with E-state index in [1.165, 1.54) is 6.42 Å². The zero-order valence-corrected chi connectivity index (χ0v) is 4.28. The number of hydrogen-bond donors (Lipinski definition) is 1. The number of rotatable bonds is 0. The minimum absolute atomic E-state index is 0. The van der Waals surface area contributed by atoms with Crippen molar-refractivity contribution in [3.05, 3.63) is 12.2 Å². The molecule has 0 amide bonds. The first kappa shape index (κ1) is 6.66. The maximum Gasteiger partial charge on any atom is 0.0135 e. The summed E-state index contributed by atoms with van der Waals surface area (Å²) in [6.07, 6.45) is 5.57. The molecule has 2 heteroatoms. The Kier molecular flexibility index (Phi) is 3.65. The molecule has 0 aromatic rings. The molecule has 3 N–H and O–H groups in total. The van der Waals surface area contributed by atoms with Crippen LogP contribution >= 0.6 is 0 Å². The normalized spacial score (nSPS) is 18.3. The highest BCUT2D eigenvalue weighted by Crippen LogP contribution is 1.84.